The molecule has 0 aliphatic heterocycles. The molecule has 37 heavy (non-hydrogen) atoms. The van der Waals surface area contributed by atoms with Gasteiger partial charge in [0.2, 0.25) is 5.78 Å². The van der Waals surface area contributed by atoms with Crippen LogP contribution in [0.1, 0.15) is 53.4 Å². The zero-order chi connectivity index (χ0) is 27.8. The van der Waals surface area contributed by atoms with E-state index in [1.807, 2.05) is 0 Å². The van der Waals surface area contributed by atoms with Crippen molar-refractivity contribution in [2.24, 2.45) is 28.6 Å². The minimum absolute atomic E-state index is 0.0384. The Bertz CT molecular complexity index is 1200. The van der Waals surface area contributed by atoms with Crippen molar-refractivity contribution in [1.29, 1.82) is 0 Å². The van der Waals surface area contributed by atoms with E-state index in [1.54, 1.807) is 27.7 Å². The SMILES string of the molecule is CCC(=O)OC1(C(=O)COS(C)(=O)=O)C(C)CC2C3CC(Cl)C4=CC(=O)C=CC4(C)C3(F)C(O)CC21C. The predicted molar refractivity (Wildman–Crippen MR) is 133 cm³/mol. The number of aliphatic hydroxyl groups is 1. The third kappa shape index (κ3) is 3.88. The van der Waals surface area contributed by atoms with E-state index in [0.717, 1.165) is 6.26 Å². The molecule has 206 valence electrons. The number of fused-ring (bicyclic) bond motifs is 5. The van der Waals surface area contributed by atoms with Gasteiger partial charge in [-0.2, -0.15) is 8.42 Å². The molecule has 0 spiro atoms. The number of esters is 1. The number of ketones is 2. The number of carbonyl (C=O) groups is 3. The van der Waals surface area contributed by atoms with Gasteiger partial charge in [-0.1, -0.05) is 26.8 Å². The summed E-state index contributed by atoms with van der Waals surface area (Å²) in [5.41, 5.74) is -6.22. The van der Waals surface area contributed by atoms with E-state index in [9.17, 15) is 27.9 Å². The summed E-state index contributed by atoms with van der Waals surface area (Å²) in [5.74, 6) is -3.72. The molecule has 0 aromatic rings. The van der Waals surface area contributed by atoms with Gasteiger partial charge in [-0.25, -0.2) is 4.39 Å². The van der Waals surface area contributed by atoms with E-state index in [-0.39, 0.29) is 31.5 Å². The van der Waals surface area contributed by atoms with Gasteiger partial charge in [0.1, 0.15) is 6.61 Å². The summed E-state index contributed by atoms with van der Waals surface area (Å²) in [6.45, 7) is 5.76. The quantitative estimate of drug-likeness (QED) is 0.299. The van der Waals surface area contributed by atoms with Gasteiger partial charge in [0, 0.05) is 29.1 Å². The van der Waals surface area contributed by atoms with Crippen LogP contribution in [-0.4, -0.2) is 66.7 Å². The lowest BCUT2D eigenvalue weighted by Gasteiger charge is -2.63. The first-order chi connectivity index (χ1) is 17.0. The number of aliphatic hydroxyl groups excluding tert-OH is 1. The van der Waals surface area contributed by atoms with Crippen molar-refractivity contribution in [3.8, 4) is 0 Å². The minimum atomic E-state index is -3.98. The fourth-order valence-electron chi connectivity index (χ4n) is 7.91. The monoisotopic (exact) mass is 560 g/mol. The molecule has 0 aromatic heterocycles. The average Bonchev–Trinajstić information content (AvgIpc) is 3.02. The Hall–Kier alpha value is -1.62. The van der Waals surface area contributed by atoms with Crippen LogP contribution in [0.15, 0.2) is 23.8 Å². The van der Waals surface area contributed by atoms with E-state index in [4.69, 9.17) is 20.5 Å². The van der Waals surface area contributed by atoms with E-state index in [2.05, 4.69) is 0 Å². The average molecular weight is 561 g/mol. The Balaban J connectivity index is 1.85. The summed E-state index contributed by atoms with van der Waals surface area (Å²) in [4.78, 5) is 38.5. The fourth-order valence-corrected chi connectivity index (χ4v) is 8.71. The van der Waals surface area contributed by atoms with Gasteiger partial charge >= 0.3 is 5.97 Å². The molecule has 4 aliphatic carbocycles. The van der Waals surface area contributed by atoms with Crippen LogP contribution in [0.2, 0.25) is 0 Å². The molecule has 0 radical (unpaired) electrons. The van der Waals surface area contributed by atoms with E-state index in [1.165, 1.54) is 18.2 Å². The van der Waals surface area contributed by atoms with Gasteiger partial charge in [-0.3, -0.25) is 18.6 Å². The first-order valence-electron chi connectivity index (χ1n) is 12.5. The summed E-state index contributed by atoms with van der Waals surface area (Å²) in [7, 11) is -3.98. The van der Waals surface area contributed by atoms with Crippen molar-refractivity contribution >= 4 is 39.3 Å². The molecule has 4 rings (SSSR count). The molecule has 0 heterocycles. The van der Waals surface area contributed by atoms with Crippen LogP contribution in [0, 0.1) is 28.6 Å². The van der Waals surface area contributed by atoms with Crippen LogP contribution in [0.25, 0.3) is 0 Å². The van der Waals surface area contributed by atoms with Crippen molar-refractivity contribution < 1.29 is 41.2 Å². The Morgan fingerprint density at radius 3 is 2.49 bits per heavy atom. The highest BCUT2D eigenvalue weighted by atomic mass is 35.5. The zero-order valence-electron chi connectivity index (χ0n) is 21.6. The summed E-state index contributed by atoms with van der Waals surface area (Å²) >= 11 is 6.75. The van der Waals surface area contributed by atoms with Crippen LogP contribution in [0.3, 0.4) is 0 Å². The van der Waals surface area contributed by atoms with Gasteiger partial charge in [0.25, 0.3) is 10.1 Å². The molecule has 9 unspecified atom stereocenters. The number of ether oxygens (including phenoxy) is 1. The minimum Gasteiger partial charge on any atom is -0.450 e. The predicted octanol–water partition coefficient (Wildman–Crippen LogP) is 3.06. The molecule has 0 saturated heterocycles. The fraction of sp³-hybridized carbons (Fsp3) is 0.731. The van der Waals surface area contributed by atoms with Crippen molar-refractivity contribution in [2.45, 2.75) is 76.1 Å². The third-order valence-corrected chi connectivity index (χ3v) is 10.5. The molecule has 8 nitrogen and oxygen atoms in total. The molecule has 0 bridgehead atoms. The lowest BCUT2D eigenvalue weighted by molar-refractivity contribution is -0.227. The van der Waals surface area contributed by atoms with Gasteiger partial charge in [-0.05, 0) is 49.8 Å². The van der Waals surface area contributed by atoms with E-state index < -0.39 is 79.8 Å². The molecular weight excluding hydrogens is 527 g/mol. The highest BCUT2D eigenvalue weighted by Gasteiger charge is 2.77. The lowest BCUT2D eigenvalue weighted by atomic mass is 9.44. The van der Waals surface area contributed by atoms with E-state index >= 15 is 4.39 Å². The number of halogens is 2. The van der Waals surface area contributed by atoms with Crippen molar-refractivity contribution in [3.63, 3.8) is 0 Å². The van der Waals surface area contributed by atoms with Crippen molar-refractivity contribution in [2.75, 3.05) is 12.9 Å². The first-order valence-corrected chi connectivity index (χ1v) is 14.8. The van der Waals surface area contributed by atoms with Gasteiger partial charge in [0.05, 0.1) is 17.7 Å². The van der Waals surface area contributed by atoms with Gasteiger partial charge < -0.3 is 9.84 Å². The highest BCUT2D eigenvalue weighted by Crippen LogP contribution is 2.71. The summed E-state index contributed by atoms with van der Waals surface area (Å²) in [5, 5.41) is 10.9. The summed E-state index contributed by atoms with van der Waals surface area (Å²) in [6.07, 6.45) is 3.44. The zero-order valence-corrected chi connectivity index (χ0v) is 23.2. The summed E-state index contributed by atoms with van der Waals surface area (Å²) in [6, 6.07) is 0. The van der Waals surface area contributed by atoms with Crippen LogP contribution >= 0.6 is 11.6 Å². The highest BCUT2D eigenvalue weighted by molar-refractivity contribution is 7.86. The second kappa shape index (κ2) is 8.96. The molecule has 11 heteroatoms. The molecule has 3 fully saturated rings. The maximum absolute atomic E-state index is 17.4. The Kier molecular flexibility index (Phi) is 6.88. The summed E-state index contributed by atoms with van der Waals surface area (Å²) < 4.78 is 51.5. The normalized spacial score (nSPS) is 44.9. The van der Waals surface area contributed by atoms with Gasteiger partial charge in [-0.15, -0.1) is 11.6 Å². The van der Waals surface area contributed by atoms with Crippen LogP contribution in [-0.2, 0) is 33.4 Å². The van der Waals surface area contributed by atoms with Gasteiger partial charge in [0.15, 0.2) is 17.1 Å². The molecular formula is C26H34ClFO8S. The molecule has 3 saturated carbocycles. The maximum atomic E-state index is 17.4. The number of hydrogen-bond donors (Lipinski definition) is 1. The topological polar surface area (TPSA) is 124 Å². The molecule has 0 aromatic carbocycles. The Morgan fingerprint density at radius 1 is 1.24 bits per heavy atom. The first kappa shape index (κ1) is 28.4. The number of allylic oxidation sites excluding steroid dienone is 4. The van der Waals surface area contributed by atoms with Crippen LogP contribution < -0.4 is 0 Å². The largest absolute Gasteiger partial charge is 0.450 e. The second-order valence-corrected chi connectivity index (χ2v) is 13.6. The smallest absolute Gasteiger partial charge is 0.306 e. The number of Topliss-reactive ketones (excluding diaryl/α,β-unsaturated/α-hetero) is 1. The number of hydrogen-bond acceptors (Lipinski definition) is 8. The molecule has 0 amide bonds. The number of carbonyl (C=O) groups excluding carboxylic acids is 3. The van der Waals surface area contributed by atoms with Crippen molar-refractivity contribution in [3.05, 3.63) is 23.8 Å². The molecule has 1 N–H and O–H groups in total. The maximum Gasteiger partial charge on any atom is 0.306 e. The van der Waals surface area contributed by atoms with E-state index in [0.29, 0.717) is 5.57 Å². The van der Waals surface area contributed by atoms with Crippen LogP contribution in [0.4, 0.5) is 4.39 Å². The molecule has 4 aliphatic rings. The van der Waals surface area contributed by atoms with Crippen molar-refractivity contribution in [1.82, 2.24) is 0 Å². The molecule has 9 atom stereocenters. The Labute approximate surface area is 221 Å². The number of rotatable bonds is 6. The van der Waals surface area contributed by atoms with Crippen LogP contribution in [0.5, 0.6) is 0 Å². The number of alkyl halides is 2. The third-order valence-electron chi connectivity index (χ3n) is 9.55. The lowest BCUT2D eigenvalue weighted by Crippen LogP contribution is -2.71. The second-order valence-electron chi connectivity index (χ2n) is 11.4. The standard InChI is InChI=1S/C26H34ClFO8S/c1-6-22(32)36-26(21(31)13-35-37(5,33)34)14(2)9-16-17-11-19(27)18-10-15(29)7-8-23(18,3)25(17,28)20(30)12-24(16,26)4/h7-8,10,14,16-17,19-20,30H,6,9,11-13H2,1-5H3. The Morgan fingerprint density at radius 2 is 1.89 bits per heavy atom.